The lowest BCUT2D eigenvalue weighted by molar-refractivity contribution is -0.154. The third kappa shape index (κ3) is 4.64. The Labute approximate surface area is 148 Å². The van der Waals surface area contributed by atoms with Gasteiger partial charge in [0, 0.05) is 11.4 Å². The van der Waals surface area contributed by atoms with E-state index in [-0.39, 0.29) is 18.0 Å². The zero-order valence-corrected chi connectivity index (χ0v) is 14.9. The van der Waals surface area contributed by atoms with Crippen LogP contribution in [0.2, 0.25) is 0 Å². The van der Waals surface area contributed by atoms with Crippen molar-refractivity contribution in [1.82, 2.24) is 5.32 Å². The van der Waals surface area contributed by atoms with Crippen LogP contribution in [0.15, 0.2) is 46.7 Å². The van der Waals surface area contributed by atoms with E-state index in [1.54, 1.807) is 24.4 Å². The molecule has 1 aromatic heterocycles. The Morgan fingerprint density at radius 3 is 2.48 bits per heavy atom. The van der Waals surface area contributed by atoms with Crippen molar-refractivity contribution in [3.63, 3.8) is 0 Å². The smallest absolute Gasteiger partial charge is 0.396 e. The molecule has 0 aliphatic carbocycles. The van der Waals surface area contributed by atoms with E-state index < -0.39 is 32.8 Å². The van der Waals surface area contributed by atoms with Crippen molar-refractivity contribution >= 4 is 33.1 Å². The number of hydrogen-bond donors (Lipinski definition) is 1. The Morgan fingerprint density at radius 2 is 1.92 bits per heavy atom. The lowest BCUT2D eigenvalue weighted by atomic mass is 10.3. The molecule has 0 saturated carbocycles. The van der Waals surface area contributed by atoms with E-state index in [0.717, 1.165) is 12.1 Å². The van der Waals surface area contributed by atoms with Gasteiger partial charge in [0.2, 0.25) is 0 Å². The second-order valence-electron chi connectivity index (χ2n) is 4.93. The highest BCUT2D eigenvalue weighted by atomic mass is 32.2. The van der Waals surface area contributed by atoms with Crippen LogP contribution in [0.1, 0.15) is 17.1 Å². The average molecular weight is 385 g/mol. The van der Waals surface area contributed by atoms with Gasteiger partial charge in [-0.2, -0.15) is 0 Å². The number of carbonyl (C=O) groups is 2. The molecule has 1 heterocycles. The second-order valence-corrected chi connectivity index (χ2v) is 8.04. The van der Waals surface area contributed by atoms with Crippen molar-refractivity contribution in [2.45, 2.75) is 17.1 Å². The van der Waals surface area contributed by atoms with Crippen molar-refractivity contribution in [3.05, 3.63) is 52.5 Å². The fourth-order valence-corrected chi connectivity index (χ4v) is 4.86. The fraction of sp³-hybridized carbons (Fsp3) is 0.250. The number of esters is 1. The van der Waals surface area contributed by atoms with Crippen molar-refractivity contribution in [1.29, 1.82) is 0 Å². The van der Waals surface area contributed by atoms with Crippen LogP contribution in [0.4, 0.5) is 4.39 Å². The molecule has 0 unspecified atom stereocenters. The van der Waals surface area contributed by atoms with Crippen molar-refractivity contribution in [2.75, 3.05) is 13.2 Å². The third-order valence-electron chi connectivity index (χ3n) is 3.29. The summed E-state index contributed by atoms with van der Waals surface area (Å²) in [6, 6.07) is 7.73. The van der Waals surface area contributed by atoms with Crippen molar-refractivity contribution in [3.8, 4) is 0 Å². The number of rotatable bonds is 6. The van der Waals surface area contributed by atoms with Gasteiger partial charge in [-0.15, -0.1) is 11.3 Å². The molecule has 0 fully saturated rings. The molecule has 9 heteroatoms. The topological polar surface area (TPSA) is 89.5 Å². The Balaban J connectivity index is 2.26. The number of nitrogens with one attached hydrogen (secondary N) is 1. The number of hydrogen-bond acceptors (Lipinski definition) is 6. The molecular formula is C16H16FNO5S2. The van der Waals surface area contributed by atoms with Crippen LogP contribution in [-0.4, -0.2) is 33.4 Å². The van der Waals surface area contributed by atoms with E-state index in [1.165, 1.54) is 23.5 Å². The molecule has 134 valence electrons. The first-order valence-electron chi connectivity index (χ1n) is 7.34. The van der Waals surface area contributed by atoms with Gasteiger partial charge in [-0.3, -0.25) is 4.79 Å². The fourth-order valence-electron chi connectivity index (χ4n) is 2.08. The third-order valence-corrected chi connectivity index (χ3v) is 6.52. The molecule has 0 aliphatic rings. The van der Waals surface area contributed by atoms with E-state index in [9.17, 15) is 22.4 Å². The maximum atomic E-state index is 13.1. The maximum Gasteiger partial charge on any atom is 0.396 e. The molecule has 1 atom stereocenters. The number of sulfone groups is 1. The van der Waals surface area contributed by atoms with Crippen LogP contribution in [0, 0.1) is 5.82 Å². The highest BCUT2D eigenvalue weighted by Crippen LogP contribution is 2.31. The summed E-state index contributed by atoms with van der Waals surface area (Å²) >= 11 is 1.21. The lowest BCUT2D eigenvalue weighted by Gasteiger charge is -2.17. The van der Waals surface area contributed by atoms with Crippen LogP contribution in [0.25, 0.3) is 0 Å². The van der Waals surface area contributed by atoms with Gasteiger partial charge in [-0.1, -0.05) is 6.07 Å². The minimum Gasteiger partial charge on any atom is -0.459 e. The molecule has 0 spiro atoms. The molecule has 6 nitrogen and oxygen atoms in total. The molecule has 0 radical (unpaired) electrons. The molecule has 0 bridgehead atoms. The minimum absolute atomic E-state index is 0.0362. The van der Waals surface area contributed by atoms with E-state index in [1.807, 2.05) is 0 Å². The molecule has 1 N–H and O–H groups in total. The number of benzene rings is 1. The highest BCUT2D eigenvalue weighted by molar-refractivity contribution is 7.91. The van der Waals surface area contributed by atoms with Gasteiger partial charge in [0.05, 0.1) is 11.5 Å². The molecule has 1 aromatic carbocycles. The lowest BCUT2D eigenvalue weighted by Crippen LogP contribution is -2.37. The summed E-state index contributed by atoms with van der Waals surface area (Å²) in [7, 11) is -3.90. The van der Waals surface area contributed by atoms with E-state index in [0.29, 0.717) is 4.88 Å². The Hall–Kier alpha value is -2.26. The zero-order valence-electron chi connectivity index (χ0n) is 13.3. The Morgan fingerprint density at radius 1 is 1.24 bits per heavy atom. The van der Waals surface area contributed by atoms with Gasteiger partial charge >= 0.3 is 11.9 Å². The average Bonchev–Trinajstić information content (AvgIpc) is 3.09. The molecule has 0 aliphatic heterocycles. The number of amides is 1. The summed E-state index contributed by atoms with van der Waals surface area (Å²) in [5.74, 6) is -2.65. The van der Waals surface area contributed by atoms with Crippen molar-refractivity contribution in [2.24, 2.45) is 0 Å². The molecule has 2 aromatic rings. The number of halogens is 1. The van der Waals surface area contributed by atoms with Crippen LogP contribution < -0.4 is 5.32 Å². The first kappa shape index (κ1) is 19.1. The van der Waals surface area contributed by atoms with Gasteiger partial charge < -0.3 is 10.1 Å². The summed E-state index contributed by atoms with van der Waals surface area (Å²) in [5.41, 5.74) is 0. The van der Waals surface area contributed by atoms with Gasteiger partial charge in [-0.25, -0.2) is 17.6 Å². The number of ether oxygens (including phenoxy) is 1. The van der Waals surface area contributed by atoms with Gasteiger partial charge in [0.15, 0.2) is 9.84 Å². The predicted octanol–water partition coefficient (Wildman–Crippen LogP) is 2.08. The first-order valence-corrected chi connectivity index (χ1v) is 9.76. The zero-order chi connectivity index (χ0) is 18.4. The first-order chi connectivity index (χ1) is 11.9. The van der Waals surface area contributed by atoms with E-state index in [4.69, 9.17) is 0 Å². The second kappa shape index (κ2) is 8.21. The monoisotopic (exact) mass is 385 g/mol. The summed E-state index contributed by atoms with van der Waals surface area (Å²) in [4.78, 5) is 23.5. The summed E-state index contributed by atoms with van der Waals surface area (Å²) in [5, 5.41) is 2.89. The molecule has 25 heavy (non-hydrogen) atoms. The standard InChI is InChI=1S/C16H16FNO5S2/c1-2-23-16(20)15(19)18-10-14(13-4-3-9-24-13)25(21,22)12-7-5-11(17)6-8-12/h3-9,14H,2,10H2,1H3,(H,18,19)/t14-/m1/s1. The number of thiophene rings is 1. The largest absolute Gasteiger partial charge is 0.459 e. The Kier molecular flexibility index (Phi) is 6.27. The summed E-state index contributed by atoms with van der Waals surface area (Å²) < 4.78 is 43.4. The van der Waals surface area contributed by atoms with Crippen LogP contribution >= 0.6 is 11.3 Å². The van der Waals surface area contributed by atoms with Crippen LogP contribution in [0.5, 0.6) is 0 Å². The molecular weight excluding hydrogens is 369 g/mol. The summed E-state index contributed by atoms with van der Waals surface area (Å²) in [6.45, 7) is 1.28. The maximum absolute atomic E-state index is 13.1. The van der Waals surface area contributed by atoms with Gasteiger partial charge in [0.25, 0.3) is 0 Å². The predicted molar refractivity (Wildman–Crippen MR) is 90.3 cm³/mol. The van der Waals surface area contributed by atoms with E-state index in [2.05, 4.69) is 10.1 Å². The number of carbonyl (C=O) groups excluding carboxylic acids is 2. The minimum atomic E-state index is -3.90. The van der Waals surface area contributed by atoms with Crippen molar-refractivity contribution < 1.29 is 27.1 Å². The van der Waals surface area contributed by atoms with Crippen LogP contribution in [0.3, 0.4) is 0 Å². The van der Waals surface area contributed by atoms with E-state index >= 15 is 0 Å². The summed E-state index contributed by atoms with van der Waals surface area (Å²) in [6.07, 6.45) is 0. The molecule has 1 amide bonds. The van der Waals surface area contributed by atoms with Gasteiger partial charge in [-0.05, 0) is 42.6 Å². The van der Waals surface area contributed by atoms with Crippen LogP contribution in [-0.2, 0) is 24.2 Å². The SMILES string of the molecule is CCOC(=O)C(=O)NC[C@H](c1cccs1)S(=O)(=O)c1ccc(F)cc1. The van der Waals surface area contributed by atoms with Gasteiger partial charge in [0.1, 0.15) is 11.1 Å². The molecule has 0 saturated heterocycles. The normalized spacial score (nSPS) is 12.4. The molecule has 2 rings (SSSR count). The Bertz CT molecular complexity index is 832. The highest BCUT2D eigenvalue weighted by Gasteiger charge is 2.31. The quantitative estimate of drug-likeness (QED) is 0.467.